The van der Waals surface area contributed by atoms with E-state index in [1.165, 1.54) is 4.57 Å². The van der Waals surface area contributed by atoms with Gasteiger partial charge in [0.05, 0.1) is 24.2 Å². The average molecular weight is 532 g/mol. The van der Waals surface area contributed by atoms with Crippen molar-refractivity contribution in [2.45, 2.75) is 45.1 Å². The van der Waals surface area contributed by atoms with Crippen molar-refractivity contribution in [3.63, 3.8) is 0 Å². The first-order valence-electron chi connectivity index (χ1n) is 13.6. The SMILES string of the molecule is CCN(CCF)C1CCC(CNc2nc(N3CCOCC3)cc(-n3c(C(F)F)nc4ccccc43)n2)CC1. The Balaban J connectivity index is 1.39. The van der Waals surface area contributed by atoms with Crippen molar-refractivity contribution < 1.29 is 17.9 Å². The predicted molar refractivity (Wildman–Crippen MR) is 142 cm³/mol. The van der Waals surface area contributed by atoms with Gasteiger partial charge in [0.25, 0.3) is 6.43 Å². The Labute approximate surface area is 221 Å². The highest BCUT2D eigenvalue weighted by Crippen LogP contribution is 2.30. The van der Waals surface area contributed by atoms with Gasteiger partial charge in [-0.3, -0.25) is 9.47 Å². The number of nitrogens with one attached hydrogen (secondary N) is 1. The largest absolute Gasteiger partial charge is 0.378 e. The van der Waals surface area contributed by atoms with E-state index in [1.54, 1.807) is 24.3 Å². The van der Waals surface area contributed by atoms with Gasteiger partial charge in [-0.15, -0.1) is 0 Å². The summed E-state index contributed by atoms with van der Waals surface area (Å²) in [6.07, 6.45) is 1.41. The van der Waals surface area contributed by atoms with Crippen LogP contribution in [0.1, 0.15) is 44.9 Å². The van der Waals surface area contributed by atoms with Crippen molar-refractivity contribution in [1.82, 2.24) is 24.4 Å². The average Bonchev–Trinajstić information content (AvgIpc) is 3.36. The molecule has 38 heavy (non-hydrogen) atoms. The molecule has 0 bridgehead atoms. The van der Waals surface area contributed by atoms with Gasteiger partial charge in [0.1, 0.15) is 18.3 Å². The van der Waals surface area contributed by atoms with Crippen LogP contribution >= 0.6 is 0 Å². The normalized spacial score (nSPS) is 20.5. The lowest BCUT2D eigenvalue weighted by Gasteiger charge is -2.36. The number of ether oxygens (including phenoxy) is 1. The minimum Gasteiger partial charge on any atom is -0.378 e. The zero-order valence-corrected chi connectivity index (χ0v) is 21.8. The Hall–Kier alpha value is -2.92. The lowest BCUT2D eigenvalue weighted by Crippen LogP contribution is -2.40. The third kappa shape index (κ3) is 5.88. The van der Waals surface area contributed by atoms with E-state index >= 15 is 0 Å². The molecular formula is C27H36F3N7O. The maximum absolute atomic E-state index is 14.1. The molecule has 8 nitrogen and oxygen atoms in total. The number of imidazole rings is 1. The van der Waals surface area contributed by atoms with Crippen molar-refractivity contribution in [3.05, 3.63) is 36.2 Å². The molecule has 2 aromatic heterocycles. The molecule has 0 spiro atoms. The molecule has 1 aromatic carbocycles. The molecular weight excluding hydrogens is 495 g/mol. The summed E-state index contributed by atoms with van der Waals surface area (Å²) >= 11 is 0. The molecule has 1 N–H and O–H groups in total. The van der Waals surface area contributed by atoms with E-state index < -0.39 is 6.43 Å². The first-order valence-corrected chi connectivity index (χ1v) is 13.6. The molecule has 1 saturated heterocycles. The second-order valence-corrected chi connectivity index (χ2v) is 9.98. The summed E-state index contributed by atoms with van der Waals surface area (Å²) in [5, 5.41) is 3.40. The first-order chi connectivity index (χ1) is 18.6. The minimum absolute atomic E-state index is 0.312. The zero-order valence-electron chi connectivity index (χ0n) is 21.8. The fourth-order valence-electron chi connectivity index (χ4n) is 5.66. The zero-order chi connectivity index (χ0) is 26.5. The van der Waals surface area contributed by atoms with Crippen LogP contribution in [0, 0.1) is 5.92 Å². The van der Waals surface area contributed by atoms with Crippen LogP contribution < -0.4 is 10.2 Å². The van der Waals surface area contributed by atoms with Gasteiger partial charge < -0.3 is 15.0 Å². The third-order valence-corrected chi connectivity index (χ3v) is 7.70. The monoisotopic (exact) mass is 531 g/mol. The fourth-order valence-corrected chi connectivity index (χ4v) is 5.66. The number of nitrogens with zero attached hydrogens (tertiary/aromatic N) is 6. The molecule has 11 heteroatoms. The maximum Gasteiger partial charge on any atom is 0.296 e. The van der Waals surface area contributed by atoms with E-state index in [-0.39, 0.29) is 12.5 Å². The Kier molecular flexibility index (Phi) is 8.63. The smallest absolute Gasteiger partial charge is 0.296 e. The molecule has 0 radical (unpaired) electrons. The molecule has 206 valence electrons. The maximum atomic E-state index is 14.1. The van der Waals surface area contributed by atoms with Crippen molar-refractivity contribution in [3.8, 4) is 5.82 Å². The summed E-state index contributed by atoms with van der Waals surface area (Å²) in [7, 11) is 0. The first kappa shape index (κ1) is 26.7. The van der Waals surface area contributed by atoms with Gasteiger partial charge in [0, 0.05) is 38.3 Å². The molecule has 3 heterocycles. The van der Waals surface area contributed by atoms with Gasteiger partial charge in [-0.05, 0) is 50.3 Å². The Morgan fingerprint density at radius 2 is 1.79 bits per heavy atom. The number of morpholine rings is 1. The lowest BCUT2D eigenvalue weighted by atomic mass is 9.85. The van der Waals surface area contributed by atoms with Crippen LogP contribution in [0.4, 0.5) is 24.9 Å². The molecule has 1 aliphatic carbocycles. The minimum atomic E-state index is -2.75. The molecule has 0 atom stereocenters. The number of benzene rings is 1. The summed E-state index contributed by atoms with van der Waals surface area (Å²) in [5.74, 6) is 1.56. The van der Waals surface area contributed by atoms with Crippen LogP contribution in [0.3, 0.4) is 0 Å². The van der Waals surface area contributed by atoms with Crippen molar-refractivity contribution in [2.24, 2.45) is 5.92 Å². The van der Waals surface area contributed by atoms with E-state index in [0.717, 1.165) is 32.2 Å². The number of aromatic nitrogens is 4. The van der Waals surface area contributed by atoms with Crippen molar-refractivity contribution >= 4 is 22.8 Å². The van der Waals surface area contributed by atoms with E-state index in [1.807, 2.05) is 6.07 Å². The highest BCUT2D eigenvalue weighted by molar-refractivity contribution is 5.78. The molecule has 2 aliphatic rings. The van der Waals surface area contributed by atoms with Gasteiger partial charge >= 0.3 is 0 Å². The van der Waals surface area contributed by atoms with E-state index in [0.29, 0.717) is 80.0 Å². The Morgan fingerprint density at radius 1 is 1.05 bits per heavy atom. The number of rotatable bonds is 10. The van der Waals surface area contributed by atoms with Gasteiger partial charge in [0.2, 0.25) is 5.95 Å². The number of anilines is 2. The second-order valence-electron chi connectivity index (χ2n) is 9.98. The molecule has 3 aromatic rings. The lowest BCUT2D eigenvalue weighted by molar-refractivity contribution is 0.122. The number of alkyl halides is 3. The number of hydrogen-bond acceptors (Lipinski definition) is 7. The van der Waals surface area contributed by atoms with Gasteiger partial charge in [-0.2, -0.15) is 9.97 Å². The fraction of sp³-hybridized carbons (Fsp3) is 0.593. The summed E-state index contributed by atoms with van der Waals surface area (Å²) in [6, 6.07) is 9.28. The van der Waals surface area contributed by atoms with Crippen LogP contribution in [0.5, 0.6) is 0 Å². The van der Waals surface area contributed by atoms with E-state index in [2.05, 4.69) is 32.0 Å². The molecule has 0 unspecified atom stereocenters. The Bertz CT molecular complexity index is 1190. The summed E-state index contributed by atoms with van der Waals surface area (Å²) < 4.78 is 48.0. The van der Waals surface area contributed by atoms with Crippen molar-refractivity contribution in [1.29, 1.82) is 0 Å². The molecule has 2 fully saturated rings. The molecule has 5 rings (SSSR count). The quantitative estimate of drug-likeness (QED) is 0.401. The number of para-hydroxylation sites is 2. The van der Waals surface area contributed by atoms with Crippen LogP contribution in [-0.4, -0.2) is 83.1 Å². The van der Waals surface area contributed by atoms with E-state index in [9.17, 15) is 13.2 Å². The standard InChI is InChI=1S/C27H36F3N7O/c1-2-35(12-11-28)20-9-7-19(8-10-20)18-31-27-33-23(36-13-15-38-16-14-36)17-24(34-27)37-22-6-4-3-5-21(22)32-26(37)25(29)30/h3-6,17,19-20,25H,2,7-16,18H2,1H3,(H,31,33,34). The number of hydrogen-bond donors (Lipinski definition) is 1. The molecule has 0 amide bonds. The highest BCUT2D eigenvalue weighted by atomic mass is 19.3. The van der Waals surface area contributed by atoms with Crippen LogP contribution in [0.25, 0.3) is 16.9 Å². The number of halogens is 3. The molecule has 1 saturated carbocycles. The Morgan fingerprint density at radius 3 is 2.50 bits per heavy atom. The second kappa shape index (κ2) is 12.3. The third-order valence-electron chi connectivity index (χ3n) is 7.70. The summed E-state index contributed by atoms with van der Waals surface area (Å²) in [5.41, 5.74) is 1.07. The topological polar surface area (TPSA) is 71.3 Å². The summed E-state index contributed by atoms with van der Waals surface area (Å²) in [6.45, 7) is 6.33. The summed E-state index contributed by atoms with van der Waals surface area (Å²) in [4.78, 5) is 18.0. The van der Waals surface area contributed by atoms with Gasteiger partial charge in [0.15, 0.2) is 5.82 Å². The van der Waals surface area contributed by atoms with Crippen LogP contribution in [0.2, 0.25) is 0 Å². The van der Waals surface area contributed by atoms with Gasteiger partial charge in [-0.25, -0.2) is 18.2 Å². The van der Waals surface area contributed by atoms with Crippen LogP contribution in [0.15, 0.2) is 30.3 Å². The van der Waals surface area contributed by atoms with Crippen LogP contribution in [-0.2, 0) is 4.74 Å². The van der Waals surface area contributed by atoms with Crippen molar-refractivity contribution in [2.75, 3.05) is 62.8 Å². The predicted octanol–water partition coefficient (Wildman–Crippen LogP) is 4.85. The van der Waals surface area contributed by atoms with Gasteiger partial charge in [-0.1, -0.05) is 19.1 Å². The van der Waals surface area contributed by atoms with E-state index in [4.69, 9.17) is 9.72 Å². The highest BCUT2D eigenvalue weighted by Gasteiger charge is 2.26. The number of fused-ring (bicyclic) bond motifs is 1. The molecule has 1 aliphatic heterocycles.